The lowest BCUT2D eigenvalue weighted by molar-refractivity contribution is -0.118. The Bertz CT molecular complexity index is 869. The van der Waals surface area contributed by atoms with Crippen molar-refractivity contribution in [2.24, 2.45) is 20.9 Å². The summed E-state index contributed by atoms with van der Waals surface area (Å²) in [6.07, 6.45) is 13.6. The summed E-state index contributed by atoms with van der Waals surface area (Å²) < 4.78 is 0. The van der Waals surface area contributed by atoms with E-state index in [0.29, 0.717) is 11.8 Å². The second-order valence-corrected chi connectivity index (χ2v) is 6.42. The average Bonchev–Trinajstić information content (AvgIpc) is 3.21. The van der Waals surface area contributed by atoms with E-state index >= 15 is 0 Å². The number of amidine groups is 1. The van der Waals surface area contributed by atoms with E-state index in [1.807, 2.05) is 60.7 Å². The Morgan fingerprint density at radius 2 is 1.77 bits per heavy atom. The Hall–Kier alpha value is -3.08. The molecule has 1 saturated heterocycles. The highest BCUT2D eigenvalue weighted by atomic mass is 16.1. The number of hydrogen-bond donors (Lipinski definition) is 0. The van der Waals surface area contributed by atoms with Gasteiger partial charge in [0.1, 0.15) is 11.8 Å². The number of carbonyl (C=O) groups is 1. The van der Waals surface area contributed by atoms with Gasteiger partial charge in [-0.15, -0.1) is 0 Å². The number of rotatable bonds is 3. The maximum absolute atomic E-state index is 12.6. The molecule has 0 saturated carbocycles. The van der Waals surface area contributed by atoms with E-state index in [1.54, 1.807) is 6.21 Å². The first kappa shape index (κ1) is 16.4. The molecule has 1 aromatic rings. The maximum atomic E-state index is 12.6. The maximum Gasteiger partial charge on any atom is 0.264 e. The van der Waals surface area contributed by atoms with Crippen molar-refractivity contribution in [3.8, 4) is 0 Å². The predicted octanol–water partition coefficient (Wildman–Crippen LogP) is 3.27. The van der Waals surface area contributed by atoms with Crippen LogP contribution in [0.25, 0.3) is 6.08 Å². The lowest BCUT2D eigenvalue weighted by Crippen LogP contribution is -2.36. The van der Waals surface area contributed by atoms with Gasteiger partial charge < -0.3 is 4.90 Å². The normalized spacial score (nSPS) is 22.6. The number of dihydropyridines is 1. The predicted molar refractivity (Wildman–Crippen MR) is 105 cm³/mol. The number of guanidine groups is 1. The van der Waals surface area contributed by atoms with E-state index in [-0.39, 0.29) is 5.91 Å². The molecular formula is C21H20N4O. The minimum atomic E-state index is -0.493. The molecule has 3 aliphatic rings. The van der Waals surface area contributed by atoms with Gasteiger partial charge in [0.25, 0.3) is 5.91 Å². The van der Waals surface area contributed by atoms with Crippen molar-refractivity contribution in [2.75, 3.05) is 13.1 Å². The number of amides is 1. The van der Waals surface area contributed by atoms with Crippen LogP contribution in [0.2, 0.25) is 0 Å². The minimum absolute atomic E-state index is 0.184. The number of hydrogen-bond acceptors (Lipinski definition) is 4. The van der Waals surface area contributed by atoms with Crippen LogP contribution in [0.3, 0.4) is 0 Å². The van der Waals surface area contributed by atoms with Crippen molar-refractivity contribution in [1.29, 1.82) is 0 Å². The van der Waals surface area contributed by atoms with Crippen molar-refractivity contribution >= 4 is 30.0 Å². The molecule has 0 aliphatic carbocycles. The molecular weight excluding hydrogens is 324 g/mol. The molecule has 0 aromatic heterocycles. The number of carbonyl (C=O) groups excluding carboxylic acids is 1. The van der Waals surface area contributed by atoms with Gasteiger partial charge in [0.2, 0.25) is 5.96 Å². The van der Waals surface area contributed by atoms with E-state index in [0.717, 1.165) is 37.1 Å². The number of likely N-dealkylation sites (tertiary alicyclic amines) is 1. The Morgan fingerprint density at radius 1 is 1.00 bits per heavy atom. The van der Waals surface area contributed by atoms with Crippen LogP contribution in [0.15, 0.2) is 75.2 Å². The van der Waals surface area contributed by atoms with Crippen LogP contribution in [0.5, 0.6) is 0 Å². The number of fused-ring (bicyclic) bond motifs is 1. The molecule has 4 rings (SSSR count). The van der Waals surface area contributed by atoms with Crippen LogP contribution < -0.4 is 0 Å². The van der Waals surface area contributed by atoms with Gasteiger partial charge in [-0.25, -0.2) is 4.99 Å². The zero-order chi connectivity index (χ0) is 17.8. The Labute approximate surface area is 152 Å². The third-order valence-corrected chi connectivity index (χ3v) is 4.61. The number of nitrogens with zero attached hydrogens (tertiary/aromatic N) is 4. The first-order valence-corrected chi connectivity index (χ1v) is 8.91. The summed E-state index contributed by atoms with van der Waals surface area (Å²) in [5.41, 5.74) is 2.00. The molecule has 1 fully saturated rings. The topological polar surface area (TPSA) is 57.4 Å². The molecule has 130 valence electrons. The molecule has 0 N–H and O–H groups in total. The molecule has 1 amide bonds. The third kappa shape index (κ3) is 3.47. The molecule has 1 aromatic carbocycles. The highest BCUT2D eigenvalue weighted by molar-refractivity contribution is 6.20. The lowest BCUT2D eigenvalue weighted by atomic mass is 9.93. The van der Waals surface area contributed by atoms with Crippen LogP contribution in [0.4, 0.5) is 0 Å². The molecule has 0 bridgehead atoms. The summed E-state index contributed by atoms with van der Waals surface area (Å²) in [5.74, 6) is 0.385. The van der Waals surface area contributed by atoms with Crippen molar-refractivity contribution in [3.05, 3.63) is 65.8 Å². The second kappa shape index (κ2) is 7.44. The highest BCUT2D eigenvalue weighted by Gasteiger charge is 2.34. The molecule has 0 radical (unpaired) electrons. The first-order chi connectivity index (χ1) is 12.8. The Morgan fingerprint density at radius 3 is 2.58 bits per heavy atom. The van der Waals surface area contributed by atoms with Gasteiger partial charge in [0.15, 0.2) is 0 Å². The van der Waals surface area contributed by atoms with E-state index in [2.05, 4.69) is 19.9 Å². The van der Waals surface area contributed by atoms with Crippen LogP contribution in [-0.2, 0) is 4.79 Å². The van der Waals surface area contributed by atoms with Gasteiger partial charge in [-0.1, -0.05) is 54.6 Å². The molecule has 3 aliphatic heterocycles. The van der Waals surface area contributed by atoms with Gasteiger partial charge >= 0.3 is 0 Å². The number of benzene rings is 1. The lowest BCUT2D eigenvalue weighted by Gasteiger charge is -2.24. The Balaban J connectivity index is 1.49. The smallest absolute Gasteiger partial charge is 0.264 e. The summed E-state index contributed by atoms with van der Waals surface area (Å²) in [7, 11) is 0. The SMILES string of the molecule is O=C1N=C(N2CCCC2)N=C2N=CC=C(/C=C/C=C/c3ccccc3)C12. The monoisotopic (exact) mass is 344 g/mol. The van der Waals surface area contributed by atoms with E-state index in [1.165, 1.54) is 0 Å². The molecule has 3 heterocycles. The summed E-state index contributed by atoms with van der Waals surface area (Å²) in [5, 5.41) is 0. The fourth-order valence-electron chi connectivity index (χ4n) is 3.26. The fraction of sp³-hybridized carbons (Fsp3) is 0.238. The van der Waals surface area contributed by atoms with Crippen LogP contribution >= 0.6 is 0 Å². The van der Waals surface area contributed by atoms with Crippen molar-refractivity contribution in [3.63, 3.8) is 0 Å². The molecule has 5 nitrogen and oxygen atoms in total. The van der Waals surface area contributed by atoms with Gasteiger partial charge in [-0.05, 0) is 30.1 Å². The van der Waals surface area contributed by atoms with Gasteiger partial charge in [-0.3, -0.25) is 4.79 Å². The standard InChI is InChI=1S/C21H20N4O/c26-20-18-17(11-5-4-10-16-8-2-1-3-9-16)12-13-22-19(18)23-21(24-20)25-14-6-7-15-25/h1-5,8-13,18H,6-7,14-15H2/b10-4+,11-5+. The third-order valence-electron chi connectivity index (χ3n) is 4.61. The van der Waals surface area contributed by atoms with E-state index in [9.17, 15) is 4.79 Å². The van der Waals surface area contributed by atoms with Crippen molar-refractivity contribution in [1.82, 2.24) is 4.90 Å². The summed E-state index contributed by atoms with van der Waals surface area (Å²) in [6, 6.07) is 10.1. The van der Waals surface area contributed by atoms with Crippen LogP contribution in [0, 0.1) is 5.92 Å². The van der Waals surface area contributed by atoms with Gasteiger partial charge in [0.05, 0.1) is 0 Å². The minimum Gasteiger partial charge on any atom is -0.341 e. The molecule has 5 heteroatoms. The molecule has 1 atom stereocenters. The van der Waals surface area contributed by atoms with Crippen LogP contribution in [-0.4, -0.2) is 41.9 Å². The largest absolute Gasteiger partial charge is 0.341 e. The molecule has 1 unspecified atom stereocenters. The van der Waals surface area contributed by atoms with Crippen molar-refractivity contribution in [2.45, 2.75) is 12.8 Å². The first-order valence-electron chi connectivity index (χ1n) is 8.91. The van der Waals surface area contributed by atoms with Gasteiger partial charge in [0, 0.05) is 19.3 Å². The van der Waals surface area contributed by atoms with E-state index in [4.69, 9.17) is 0 Å². The highest BCUT2D eigenvalue weighted by Crippen LogP contribution is 2.25. The number of aliphatic imine (C=N–C) groups is 3. The van der Waals surface area contributed by atoms with Crippen molar-refractivity contribution < 1.29 is 4.79 Å². The van der Waals surface area contributed by atoms with E-state index < -0.39 is 5.92 Å². The number of allylic oxidation sites excluding steroid dienone is 4. The van der Waals surface area contributed by atoms with Gasteiger partial charge in [-0.2, -0.15) is 9.98 Å². The summed E-state index contributed by atoms with van der Waals surface area (Å²) >= 11 is 0. The zero-order valence-electron chi connectivity index (χ0n) is 14.5. The average molecular weight is 344 g/mol. The second-order valence-electron chi connectivity index (χ2n) is 6.42. The van der Waals surface area contributed by atoms with Crippen LogP contribution in [0.1, 0.15) is 18.4 Å². The fourth-order valence-corrected chi connectivity index (χ4v) is 3.26. The quantitative estimate of drug-likeness (QED) is 0.790. The Kier molecular flexibility index (Phi) is 4.69. The zero-order valence-corrected chi connectivity index (χ0v) is 14.5. The summed E-state index contributed by atoms with van der Waals surface area (Å²) in [6.45, 7) is 1.81. The molecule has 0 spiro atoms. The molecule has 26 heavy (non-hydrogen) atoms. The summed E-state index contributed by atoms with van der Waals surface area (Å²) in [4.78, 5) is 27.7.